The number of hydrogen-bond acceptors (Lipinski definition) is 4. The molecule has 0 saturated carbocycles. The highest BCUT2D eigenvalue weighted by molar-refractivity contribution is 5.85. The summed E-state index contributed by atoms with van der Waals surface area (Å²) in [5.74, 6) is 0.625. The van der Waals surface area contributed by atoms with Crippen LogP contribution in [0.1, 0.15) is 68.8 Å². The van der Waals surface area contributed by atoms with Gasteiger partial charge in [-0.05, 0) is 54.3 Å². The zero-order valence-corrected chi connectivity index (χ0v) is 25.5. The Morgan fingerprint density at radius 1 is 0.810 bits per heavy atom. The number of carbonyl (C=O) groups is 2. The summed E-state index contributed by atoms with van der Waals surface area (Å²) in [6.45, 7) is 3.56. The maximum Gasteiger partial charge on any atom is 0.242 e. The van der Waals surface area contributed by atoms with Gasteiger partial charge in [0.25, 0.3) is 0 Å². The summed E-state index contributed by atoms with van der Waals surface area (Å²) in [7, 11) is 4.03. The van der Waals surface area contributed by atoms with Crippen molar-refractivity contribution in [2.75, 3.05) is 32.1 Å². The molecule has 224 valence electrons. The molecule has 7 heteroatoms. The van der Waals surface area contributed by atoms with Gasteiger partial charge in [-0.3, -0.25) is 9.59 Å². The van der Waals surface area contributed by atoms with E-state index in [0.717, 1.165) is 42.5 Å². The Balaban J connectivity index is 1.47. The number of benzene rings is 2. The van der Waals surface area contributed by atoms with Gasteiger partial charge in [0.1, 0.15) is 12.3 Å². The van der Waals surface area contributed by atoms with Gasteiger partial charge >= 0.3 is 0 Å². The fourth-order valence-electron chi connectivity index (χ4n) is 5.31. The van der Waals surface area contributed by atoms with Crippen molar-refractivity contribution in [1.29, 1.82) is 0 Å². The number of anilines is 1. The normalized spacial score (nSPS) is 11.1. The van der Waals surface area contributed by atoms with E-state index in [0.29, 0.717) is 31.8 Å². The number of fused-ring (bicyclic) bond motifs is 1. The Hall–Kier alpha value is -4.00. The molecule has 2 aromatic carbocycles. The van der Waals surface area contributed by atoms with Gasteiger partial charge < -0.3 is 24.1 Å². The molecule has 0 bridgehead atoms. The first kappa shape index (κ1) is 30.9. The molecule has 0 aliphatic rings. The number of unbranched alkanes of at least 4 members (excludes halogenated alkanes) is 5. The standard InChI is InChI=1S/C35H46N4O3/c1-4-5-6-7-8-9-16-34(40)39(26-31-13-12-23-42-31)27-35(41)38(25-28-17-19-30(20-18-28)37(2)3)22-21-29-24-36-33-15-11-10-14-32(29)33/h10-15,17-20,23-24,36H,4-9,16,21-22,25-27H2,1-3H3. The number of nitrogens with one attached hydrogen (secondary N) is 1. The predicted molar refractivity (Wildman–Crippen MR) is 170 cm³/mol. The average molecular weight is 571 g/mol. The van der Waals surface area contributed by atoms with Crippen molar-refractivity contribution in [2.45, 2.75) is 71.4 Å². The number of carbonyl (C=O) groups excluding carboxylic acids is 2. The Kier molecular flexibility index (Phi) is 11.7. The number of furan rings is 1. The van der Waals surface area contributed by atoms with E-state index < -0.39 is 0 Å². The fraction of sp³-hybridized carbons (Fsp3) is 0.429. The highest BCUT2D eigenvalue weighted by Crippen LogP contribution is 2.20. The largest absolute Gasteiger partial charge is 0.467 e. The lowest BCUT2D eigenvalue weighted by atomic mass is 10.1. The lowest BCUT2D eigenvalue weighted by Crippen LogP contribution is -2.43. The molecule has 2 aromatic heterocycles. The van der Waals surface area contributed by atoms with Crippen LogP contribution in [0, 0.1) is 0 Å². The highest BCUT2D eigenvalue weighted by atomic mass is 16.3. The van der Waals surface area contributed by atoms with Gasteiger partial charge in [0.2, 0.25) is 11.8 Å². The first-order valence-corrected chi connectivity index (χ1v) is 15.3. The molecule has 2 heterocycles. The monoisotopic (exact) mass is 570 g/mol. The van der Waals surface area contributed by atoms with Crippen molar-refractivity contribution >= 4 is 28.4 Å². The maximum absolute atomic E-state index is 13.9. The van der Waals surface area contributed by atoms with Gasteiger partial charge in [0.15, 0.2) is 0 Å². The van der Waals surface area contributed by atoms with Crippen molar-refractivity contribution in [3.05, 3.63) is 90.0 Å². The van der Waals surface area contributed by atoms with Crippen LogP contribution >= 0.6 is 0 Å². The summed E-state index contributed by atoms with van der Waals surface area (Å²) in [5, 5.41) is 1.17. The maximum atomic E-state index is 13.9. The molecule has 2 amide bonds. The molecule has 0 aliphatic carbocycles. The Labute approximate surface area is 250 Å². The number of aromatic amines is 1. The van der Waals surface area contributed by atoms with E-state index in [-0.39, 0.29) is 18.4 Å². The molecule has 1 N–H and O–H groups in total. The van der Waals surface area contributed by atoms with Crippen LogP contribution in [0.2, 0.25) is 0 Å². The van der Waals surface area contributed by atoms with Crippen molar-refractivity contribution in [2.24, 2.45) is 0 Å². The zero-order chi connectivity index (χ0) is 29.7. The molecule has 0 spiro atoms. The van der Waals surface area contributed by atoms with Gasteiger partial charge in [-0.2, -0.15) is 0 Å². The van der Waals surface area contributed by atoms with Crippen LogP contribution in [0.4, 0.5) is 5.69 Å². The quantitative estimate of drug-likeness (QED) is 0.137. The SMILES string of the molecule is CCCCCCCCC(=O)N(CC(=O)N(CCc1c[nH]c2ccccc12)Cc1ccc(N(C)C)cc1)Cc1ccco1. The summed E-state index contributed by atoms with van der Waals surface area (Å²) in [5.41, 5.74) is 4.44. The lowest BCUT2D eigenvalue weighted by Gasteiger charge is -2.28. The van der Waals surface area contributed by atoms with Gasteiger partial charge in [-0.1, -0.05) is 69.4 Å². The molecule has 0 unspecified atom stereocenters. The van der Waals surface area contributed by atoms with Crippen molar-refractivity contribution < 1.29 is 14.0 Å². The van der Waals surface area contributed by atoms with Crippen LogP contribution in [0.5, 0.6) is 0 Å². The summed E-state index contributed by atoms with van der Waals surface area (Å²) in [6, 6.07) is 20.2. The third-order valence-corrected chi connectivity index (χ3v) is 7.85. The second kappa shape index (κ2) is 15.9. The van der Waals surface area contributed by atoms with Crippen molar-refractivity contribution in [1.82, 2.24) is 14.8 Å². The number of amides is 2. The van der Waals surface area contributed by atoms with E-state index >= 15 is 0 Å². The van der Waals surface area contributed by atoms with Crippen molar-refractivity contribution in [3.8, 4) is 0 Å². The van der Waals surface area contributed by atoms with Gasteiger partial charge in [0.05, 0.1) is 12.8 Å². The third-order valence-electron chi connectivity index (χ3n) is 7.85. The minimum Gasteiger partial charge on any atom is -0.467 e. The number of para-hydroxylation sites is 1. The molecular formula is C35H46N4O3. The molecule has 0 saturated heterocycles. The first-order chi connectivity index (χ1) is 20.4. The Bertz CT molecular complexity index is 1380. The Morgan fingerprint density at radius 3 is 2.31 bits per heavy atom. The Morgan fingerprint density at radius 2 is 1.57 bits per heavy atom. The molecule has 42 heavy (non-hydrogen) atoms. The van der Waals surface area contributed by atoms with E-state index in [9.17, 15) is 9.59 Å². The van der Waals surface area contributed by atoms with E-state index in [1.54, 1.807) is 11.2 Å². The van der Waals surface area contributed by atoms with Gasteiger partial charge in [0, 0.05) is 56.4 Å². The van der Waals surface area contributed by atoms with Crippen molar-refractivity contribution in [3.63, 3.8) is 0 Å². The summed E-state index contributed by atoms with van der Waals surface area (Å²) in [6.07, 6.45) is 11.5. The summed E-state index contributed by atoms with van der Waals surface area (Å²) < 4.78 is 5.56. The fourth-order valence-corrected chi connectivity index (χ4v) is 5.31. The van der Waals surface area contributed by atoms with Crippen LogP contribution in [0.3, 0.4) is 0 Å². The molecular weight excluding hydrogens is 524 g/mol. The zero-order valence-electron chi connectivity index (χ0n) is 25.5. The molecule has 0 atom stereocenters. The topological polar surface area (TPSA) is 72.8 Å². The molecule has 4 rings (SSSR count). The predicted octanol–water partition coefficient (Wildman–Crippen LogP) is 7.18. The number of nitrogens with zero attached hydrogens (tertiary/aromatic N) is 3. The number of rotatable bonds is 17. The van der Waals surface area contributed by atoms with E-state index in [2.05, 4.69) is 53.2 Å². The summed E-state index contributed by atoms with van der Waals surface area (Å²) in [4.78, 5) is 36.3. The first-order valence-electron chi connectivity index (χ1n) is 15.3. The van der Waals surface area contributed by atoms with Gasteiger partial charge in [-0.15, -0.1) is 0 Å². The number of H-pyrrole nitrogens is 1. The van der Waals surface area contributed by atoms with E-state index in [1.165, 1.54) is 30.2 Å². The second-order valence-electron chi connectivity index (χ2n) is 11.3. The average Bonchev–Trinajstić information content (AvgIpc) is 3.67. The van der Waals surface area contributed by atoms with Crippen LogP contribution in [0.25, 0.3) is 10.9 Å². The van der Waals surface area contributed by atoms with Gasteiger partial charge in [-0.25, -0.2) is 0 Å². The van der Waals surface area contributed by atoms with E-state index in [1.807, 2.05) is 49.5 Å². The molecule has 0 radical (unpaired) electrons. The van der Waals surface area contributed by atoms with Crippen LogP contribution in [-0.4, -0.2) is 53.8 Å². The third kappa shape index (κ3) is 9.00. The minimum atomic E-state index is -0.0608. The highest BCUT2D eigenvalue weighted by Gasteiger charge is 2.23. The van der Waals surface area contributed by atoms with E-state index in [4.69, 9.17) is 4.42 Å². The van der Waals surface area contributed by atoms with Crippen LogP contribution in [-0.2, 0) is 29.1 Å². The lowest BCUT2D eigenvalue weighted by molar-refractivity contribution is -0.141. The number of hydrogen-bond donors (Lipinski definition) is 1. The number of aromatic nitrogens is 1. The van der Waals surface area contributed by atoms with Crippen LogP contribution in [0.15, 0.2) is 77.5 Å². The summed E-state index contributed by atoms with van der Waals surface area (Å²) >= 11 is 0. The second-order valence-corrected chi connectivity index (χ2v) is 11.3. The van der Waals surface area contributed by atoms with Crippen LogP contribution < -0.4 is 4.90 Å². The minimum absolute atomic E-state index is 0.00200. The molecule has 0 aliphatic heterocycles. The molecule has 7 nitrogen and oxygen atoms in total. The molecule has 0 fully saturated rings. The smallest absolute Gasteiger partial charge is 0.242 e. The molecule has 4 aromatic rings.